The van der Waals surface area contributed by atoms with Crippen LogP contribution < -0.4 is 0 Å². The number of hydrogen-bond acceptors (Lipinski definition) is 5. The number of likely N-dealkylation sites (N-methyl/N-ethyl adjacent to an activating group) is 1. The smallest absolute Gasteiger partial charge is 0.320 e. The largest absolute Gasteiger partial charge is 0.480 e. The highest BCUT2D eigenvalue weighted by Crippen LogP contribution is 2.20. The Morgan fingerprint density at radius 2 is 2.14 bits per heavy atom. The number of carboxylic acid groups (broad SMARTS) is 1. The number of para-hydroxylation sites is 1. The van der Waals surface area contributed by atoms with E-state index in [-0.39, 0.29) is 12.4 Å². The highest BCUT2D eigenvalue weighted by atomic mass is 79.9. The van der Waals surface area contributed by atoms with Crippen molar-refractivity contribution in [3.8, 4) is 5.69 Å². The second-order valence-corrected chi connectivity index (χ2v) is 5.24. The molecule has 0 amide bonds. The van der Waals surface area contributed by atoms with Gasteiger partial charge < -0.3 is 5.11 Å². The van der Waals surface area contributed by atoms with Crippen LogP contribution in [-0.2, 0) is 11.3 Å². The van der Waals surface area contributed by atoms with Gasteiger partial charge in [0.2, 0.25) is 0 Å². The van der Waals surface area contributed by atoms with Gasteiger partial charge in [-0.2, -0.15) is 4.68 Å². The summed E-state index contributed by atoms with van der Waals surface area (Å²) < 4.78 is 2.46. The molecule has 1 N–H and O–H groups in total. The van der Waals surface area contributed by atoms with Gasteiger partial charge in [0.15, 0.2) is 5.82 Å². The molecule has 0 fully saturated rings. The zero-order valence-electron chi connectivity index (χ0n) is 11.5. The van der Waals surface area contributed by atoms with Gasteiger partial charge >= 0.3 is 5.97 Å². The minimum Gasteiger partial charge on any atom is -0.480 e. The summed E-state index contributed by atoms with van der Waals surface area (Å²) in [5.41, 5.74) is 0.809. The highest BCUT2D eigenvalue weighted by Gasteiger charge is 2.20. The summed E-state index contributed by atoms with van der Waals surface area (Å²) in [6.45, 7) is 1.96. The molecular weight excluding hydrogens is 362 g/mol. The van der Waals surface area contributed by atoms with Crippen LogP contribution in [0.15, 0.2) is 28.7 Å². The van der Waals surface area contributed by atoms with Crippen molar-refractivity contribution in [1.82, 2.24) is 25.1 Å². The van der Waals surface area contributed by atoms with Crippen LogP contribution in [0, 0.1) is 0 Å². The maximum absolute atomic E-state index is 11.0. The number of benzene rings is 1. The molecule has 2 aromatic rings. The van der Waals surface area contributed by atoms with Crippen LogP contribution in [0.2, 0.25) is 0 Å². The summed E-state index contributed by atoms with van der Waals surface area (Å²) in [7, 11) is 1.72. The molecule has 0 aliphatic carbocycles. The molecule has 0 radical (unpaired) electrons. The van der Waals surface area contributed by atoms with Gasteiger partial charge in [-0.25, -0.2) is 0 Å². The Hall–Kier alpha value is -1.51. The zero-order valence-corrected chi connectivity index (χ0v) is 13.9. The number of carboxylic acids is 1. The molecule has 21 heavy (non-hydrogen) atoms. The predicted octanol–water partition coefficient (Wildman–Crippen LogP) is 1.75. The molecule has 1 unspecified atom stereocenters. The van der Waals surface area contributed by atoms with E-state index in [2.05, 4.69) is 31.5 Å². The Balaban J connectivity index is 0.00000220. The Morgan fingerprint density at radius 3 is 2.76 bits per heavy atom. The molecule has 2 rings (SSSR count). The molecule has 0 spiro atoms. The quantitative estimate of drug-likeness (QED) is 0.856. The summed E-state index contributed by atoms with van der Waals surface area (Å²) in [6, 6.07) is 6.94. The average Bonchev–Trinajstić information content (AvgIpc) is 2.86. The van der Waals surface area contributed by atoms with Crippen LogP contribution in [0.3, 0.4) is 0 Å². The van der Waals surface area contributed by atoms with Crippen LogP contribution in [-0.4, -0.2) is 49.3 Å². The van der Waals surface area contributed by atoms with Crippen LogP contribution >= 0.6 is 28.3 Å². The number of nitrogens with zero attached hydrogens (tertiary/aromatic N) is 5. The topological polar surface area (TPSA) is 84.1 Å². The molecule has 1 aromatic heterocycles. The second-order valence-electron chi connectivity index (χ2n) is 4.39. The van der Waals surface area contributed by atoms with E-state index in [1.165, 1.54) is 0 Å². The fraction of sp³-hybridized carbons (Fsp3) is 0.333. The third-order valence-electron chi connectivity index (χ3n) is 3.02. The molecule has 114 valence electrons. The molecule has 9 heteroatoms. The molecule has 0 aliphatic heterocycles. The Morgan fingerprint density at radius 1 is 1.48 bits per heavy atom. The minimum atomic E-state index is -0.882. The van der Waals surface area contributed by atoms with Gasteiger partial charge in [0.25, 0.3) is 0 Å². The van der Waals surface area contributed by atoms with Crippen LogP contribution in [0.1, 0.15) is 12.7 Å². The number of rotatable bonds is 5. The monoisotopic (exact) mass is 375 g/mol. The lowest BCUT2D eigenvalue weighted by molar-refractivity contribution is -0.142. The molecule has 1 heterocycles. The molecule has 0 saturated carbocycles. The molecule has 0 saturated heterocycles. The van der Waals surface area contributed by atoms with Gasteiger partial charge in [-0.05, 0) is 52.5 Å². The van der Waals surface area contributed by atoms with Crippen molar-refractivity contribution in [2.75, 3.05) is 7.05 Å². The molecule has 1 aromatic carbocycles. The standard InChI is InChI=1S/C12H14BrN5O2.ClH/c1-8(12(19)20)17(2)7-11-14-15-16-18(11)10-6-4-3-5-9(10)13;/h3-6,8H,7H2,1-2H3,(H,19,20);1H. The predicted molar refractivity (Wildman–Crippen MR) is 82.7 cm³/mol. The number of aromatic nitrogens is 4. The van der Waals surface area contributed by atoms with Crippen molar-refractivity contribution >= 4 is 34.3 Å². The van der Waals surface area contributed by atoms with E-state index in [9.17, 15) is 4.79 Å². The third-order valence-corrected chi connectivity index (χ3v) is 3.69. The van der Waals surface area contributed by atoms with Crippen molar-refractivity contribution < 1.29 is 9.90 Å². The Bertz CT molecular complexity index is 621. The number of aliphatic carboxylic acids is 1. The maximum Gasteiger partial charge on any atom is 0.320 e. The minimum absolute atomic E-state index is 0. The van der Waals surface area contributed by atoms with Crippen molar-refractivity contribution in [2.45, 2.75) is 19.5 Å². The van der Waals surface area contributed by atoms with E-state index in [0.29, 0.717) is 12.4 Å². The van der Waals surface area contributed by atoms with E-state index in [4.69, 9.17) is 5.11 Å². The van der Waals surface area contributed by atoms with Crippen LogP contribution in [0.25, 0.3) is 5.69 Å². The van der Waals surface area contributed by atoms with E-state index in [1.54, 1.807) is 23.6 Å². The first-order valence-electron chi connectivity index (χ1n) is 5.96. The molecule has 1 atom stereocenters. The molecule has 0 aliphatic rings. The first-order valence-corrected chi connectivity index (χ1v) is 6.75. The van der Waals surface area contributed by atoms with Crippen molar-refractivity contribution in [3.05, 3.63) is 34.6 Å². The summed E-state index contributed by atoms with van der Waals surface area (Å²) in [6.07, 6.45) is 0. The molecular formula is C12H15BrClN5O2. The van der Waals surface area contributed by atoms with Crippen molar-refractivity contribution in [3.63, 3.8) is 0 Å². The Labute approximate surface area is 136 Å². The first kappa shape index (κ1) is 17.5. The van der Waals surface area contributed by atoms with E-state index in [0.717, 1.165) is 10.2 Å². The molecule has 7 nitrogen and oxygen atoms in total. The van der Waals surface area contributed by atoms with E-state index >= 15 is 0 Å². The average molecular weight is 377 g/mol. The fourth-order valence-electron chi connectivity index (χ4n) is 1.66. The van der Waals surface area contributed by atoms with Gasteiger partial charge in [-0.15, -0.1) is 17.5 Å². The highest BCUT2D eigenvalue weighted by molar-refractivity contribution is 9.10. The molecule has 0 bridgehead atoms. The lowest BCUT2D eigenvalue weighted by Gasteiger charge is -2.20. The first-order chi connectivity index (χ1) is 9.50. The van der Waals surface area contributed by atoms with E-state index < -0.39 is 12.0 Å². The van der Waals surface area contributed by atoms with Gasteiger partial charge in [-0.3, -0.25) is 9.69 Å². The third kappa shape index (κ3) is 3.99. The second kappa shape index (κ2) is 7.48. The van der Waals surface area contributed by atoms with Crippen molar-refractivity contribution in [2.24, 2.45) is 0 Å². The lowest BCUT2D eigenvalue weighted by atomic mass is 10.3. The normalized spacial score (nSPS) is 12.0. The number of hydrogen-bond donors (Lipinski definition) is 1. The Kier molecular flexibility index (Phi) is 6.25. The zero-order chi connectivity index (χ0) is 14.7. The van der Waals surface area contributed by atoms with Crippen molar-refractivity contribution in [1.29, 1.82) is 0 Å². The maximum atomic E-state index is 11.0. The van der Waals surface area contributed by atoms with Gasteiger partial charge in [0.1, 0.15) is 6.04 Å². The van der Waals surface area contributed by atoms with Crippen LogP contribution in [0.5, 0.6) is 0 Å². The summed E-state index contributed by atoms with van der Waals surface area (Å²) in [5.74, 6) is -0.306. The summed E-state index contributed by atoms with van der Waals surface area (Å²) in [4.78, 5) is 12.6. The number of tetrazole rings is 1. The van der Waals surface area contributed by atoms with Gasteiger partial charge in [-0.1, -0.05) is 12.1 Å². The SMILES string of the molecule is CC(C(=O)O)N(C)Cc1nnnn1-c1ccccc1Br.Cl. The summed E-state index contributed by atoms with van der Waals surface area (Å²) >= 11 is 3.45. The van der Waals surface area contributed by atoms with Gasteiger partial charge in [0.05, 0.1) is 12.2 Å². The number of carbonyl (C=O) groups is 1. The fourth-order valence-corrected chi connectivity index (χ4v) is 2.12. The van der Waals surface area contributed by atoms with Gasteiger partial charge in [0, 0.05) is 4.47 Å². The van der Waals surface area contributed by atoms with E-state index in [1.807, 2.05) is 24.3 Å². The lowest BCUT2D eigenvalue weighted by Crippen LogP contribution is -2.36. The number of halogens is 2. The summed E-state index contributed by atoms with van der Waals surface area (Å²) in [5, 5.41) is 20.6. The van der Waals surface area contributed by atoms with Crippen LogP contribution in [0.4, 0.5) is 0 Å².